The van der Waals surface area contributed by atoms with Crippen molar-refractivity contribution < 1.29 is 4.79 Å². The van der Waals surface area contributed by atoms with Crippen molar-refractivity contribution >= 4 is 33.7 Å². The molecule has 0 radical (unpaired) electrons. The molecule has 1 amide bonds. The molecule has 0 saturated carbocycles. The highest BCUT2D eigenvalue weighted by Crippen LogP contribution is 2.29. The molecule has 2 heterocycles. The molecule has 0 fully saturated rings. The van der Waals surface area contributed by atoms with E-state index in [2.05, 4.69) is 22.4 Å². The number of benzene rings is 1. The first-order valence-corrected chi connectivity index (χ1v) is 9.25. The van der Waals surface area contributed by atoms with Gasteiger partial charge >= 0.3 is 0 Å². The SMILES string of the molecule is CCCC(C(=O)Nc1nnc(-c2ccsc2)s1)c1ccccc1. The Kier molecular flexibility index (Phi) is 5.15. The predicted molar refractivity (Wildman–Crippen MR) is 95.9 cm³/mol. The number of hydrogen-bond donors (Lipinski definition) is 1. The van der Waals surface area contributed by atoms with Gasteiger partial charge in [-0.15, -0.1) is 10.2 Å². The van der Waals surface area contributed by atoms with Gasteiger partial charge in [0.2, 0.25) is 11.0 Å². The van der Waals surface area contributed by atoms with Crippen molar-refractivity contribution in [1.29, 1.82) is 0 Å². The molecule has 0 aliphatic carbocycles. The number of aromatic nitrogens is 2. The van der Waals surface area contributed by atoms with Gasteiger partial charge < -0.3 is 0 Å². The maximum absolute atomic E-state index is 12.6. The molecular weight excluding hydrogens is 326 g/mol. The normalized spacial score (nSPS) is 12.0. The summed E-state index contributed by atoms with van der Waals surface area (Å²) in [5.41, 5.74) is 2.08. The van der Waals surface area contributed by atoms with Crippen LogP contribution >= 0.6 is 22.7 Å². The molecule has 1 atom stereocenters. The van der Waals surface area contributed by atoms with Gasteiger partial charge in [-0.2, -0.15) is 11.3 Å². The highest BCUT2D eigenvalue weighted by molar-refractivity contribution is 7.19. The number of carbonyl (C=O) groups is 1. The van der Waals surface area contributed by atoms with Crippen molar-refractivity contribution in [3.05, 3.63) is 52.7 Å². The smallest absolute Gasteiger partial charge is 0.233 e. The fourth-order valence-corrected chi connectivity index (χ4v) is 3.85. The highest BCUT2D eigenvalue weighted by atomic mass is 32.1. The zero-order valence-electron chi connectivity index (χ0n) is 12.7. The second kappa shape index (κ2) is 7.48. The van der Waals surface area contributed by atoms with Gasteiger partial charge in [0.1, 0.15) is 5.01 Å². The molecule has 4 nitrogen and oxygen atoms in total. The van der Waals surface area contributed by atoms with E-state index in [1.807, 2.05) is 47.2 Å². The van der Waals surface area contributed by atoms with E-state index >= 15 is 0 Å². The fraction of sp³-hybridized carbons (Fsp3) is 0.235. The van der Waals surface area contributed by atoms with Crippen LogP contribution in [0.1, 0.15) is 31.2 Å². The number of hydrogen-bond acceptors (Lipinski definition) is 5. The number of amides is 1. The third-order valence-corrected chi connectivity index (χ3v) is 5.09. The average Bonchev–Trinajstić information content (AvgIpc) is 3.24. The summed E-state index contributed by atoms with van der Waals surface area (Å²) in [7, 11) is 0. The number of anilines is 1. The maximum atomic E-state index is 12.6. The minimum Gasteiger partial charge on any atom is -0.300 e. The molecule has 0 saturated heterocycles. The summed E-state index contributed by atoms with van der Waals surface area (Å²) in [4.78, 5) is 12.6. The largest absolute Gasteiger partial charge is 0.300 e. The molecule has 1 unspecified atom stereocenters. The Bertz CT molecular complexity index is 753. The zero-order valence-corrected chi connectivity index (χ0v) is 14.4. The number of thiophene rings is 1. The molecule has 6 heteroatoms. The molecule has 3 aromatic rings. The van der Waals surface area contributed by atoms with E-state index in [0.29, 0.717) is 5.13 Å². The lowest BCUT2D eigenvalue weighted by atomic mass is 9.94. The van der Waals surface area contributed by atoms with Gasteiger partial charge in [0.05, 0.1) is 5.92 Å². The van der Waals surface area contributed by atoms with E-state index in [1.165, 1.54) is 11.3 Å². The van der Waals surface area contributed by atoms with E-state index in [4.69, 9.17) is 0 Å². The first-order valence-electron chi connectivity index (χ1n) is 7.50. The van der Waals surface area contributed by atoms with Gasteiger partial charge in [0.15, 0.2) is 0 Å². The molecule has 1 aromatic carbocycles. The molecular formula is C17H17N3OS2. The van der Waals surface area contributed by atoms with Crippen molar-refractivity contribution in [2.75, 3.05) is 5.32 Å². The quantitative estimate of drug-likeness (QED) is 0.700. The molecule has 0 bridgehead atoms. The van der Waals surface area contributed by atoms with E-state index in [-0.39, 0.29) is 11.8 Å². The monoisotopic (exact) mass is 343 g/mol. The third kappa shape index (κ3) is 3.83. The second-order valence-electron chi connectivity index (χ2n) is 5.17. The first-order chi connectivity index (χ1) is 11.3. The van der Waals surface area contributed by atoms with Crippen molar-refractivity contribution in [3.8, 4) is 10.6 Å². The first kappa shape index (κ1) is 15.8. The summed E-state index contributed by atoms with van der Waals surface area (Å²) < 4.78 is 0. The van der Waals surface area contributed by atoms with Crippen LogP contribution in [0.4, 0.5) is 5.13 Å². The van der Waals surface area contributed by atoms with Crippen LogP contribution < -0.4 is 5.32 Å². The van der Waals surface area contributed by atoms with Crippen molar-refractivity contribution in [1.82, 2.24) is 10.2 Å². The van der Waals surface area contributed by atoms with E-state index < -0.39 is 0 Å². The minimum atomic E-state index is -0.158. The number of nitrogens with one attached hydrogen (secondary N) is 1. The lowest BCUT2D eigenvalue weighted by molar-refractivity contribution is -0.117. The second-order valence-corrected chi connectivity index (χ2v) is 6.92. The zero-order chi connectivity index (χ0) is 16.1. The van der Waals surface area contributed by atoms with Crippen LogP contribution in [0, 0.1) is 0 Å². The Balaban J connectivity index is 1.74. The summed E-state index contributed by atoms with van der Waals surface area (Å²) in [5, 5.41) is 16.6. The molecule has 2 aromatic heterocycles. The Morgan fingerprint density at radius 2 is 2.04 bits per heavy atom. The van der Waals surface area contributed by atoms with E-state index in [0.717, 1.165) is 29.0 Å². The van der Waals surface area contributed by atoms with Gasteiger partial charge in [-0.25, -0.2) is 0 Å². The highest BCUT2D eigenvalue weighted by Gasteiger charge is 2.21. The van der Waals surface area contributed by atoms with Crippen LogP contribution in [0.25, 0.3) is 10.6 Å². The summed E-state index contributed by atoms with van der Waals surface area (Å²) in [6.07, 6.45) is 1.76. The predicted octanol–water partition coefficient (Wildman–Crippen LogP) is 4.79. The lowest BCUT2D eigenvalue weighted by Gasteiger charge is -2.15. The van der Waals surface area contributed by atoms with Gasteiger partial charge in [-0.3, -0.25) is 10.1 Å². The maximum Gasteiger partial charge on any atom is 0.233 e. The molecule has 0 aliphatic rings. The van der Waals surface area contributed by atoms with Crippen molar-refractivity contribution in [2.45, 2.75) is 25.7 Å². The van der Waals surface area contributed by atoms with Crippen LogP contribution in [-0.4, -0.2) is 16.1 Å². The van der Waals surface area contributed by atoms with Crippen LogP contribution in [0.3, 0.4) is 0 Å². The number of carbonyl (C=O) groups excluding carboxylic acids is 1. The summed E-state index contributed by atoms with van der Waals surface area (Å²) in [6, 6.07) is 11.9. The van der Waals surface area contributed by atoms with Gasteiger partial charge in [0, 0.05) is 10.9 Å². The summed E-state index contributed by atoms with van der Waals surface area (Å²) >= 11 is 3.02. The van der Waals surface area contributed by atoms with Gasteiger partial charge in [-0.1, -0.05) is 55.0 Å². The van der Waals surface area contributed by atoms with Gasteiger partial charge in [0.25, 0.3) is 0 Å². The van der Waals surface area contributed by atoms with Crippen molar-refractivity contribution in [3.63, 3.8) is 0 Å². The Morgan fingerprint density at radius 3 is 2.74 bits per heavy atom. The Hall–Kier alpha value is -2.05. The van der Waals surface area contributed by atoms with Crippen LogP contribution in [0.15, 0.2) is 47.2 Å². The summed E-state index contributed by atoms with van der Waals surface area (Å²) in [5.74, 6) is -0.180. The average molecular weight is 343 g/mol. The van der Waals surface area contributed by atoms with Crippen molar-refractivity contribution in [2.24, 2.45) is 0 Å². The molecule has 118 valence electrons. The molecule has 3 rings (SSSR count). The topological polar surface area (TPSA) is 54.9 Å². The van der Waals surface area contributed by atoms with Crippen LogP contribution in [-0.2, 0) is 4.79 Å². The number of nitrogens with zero attached hydrogens (tertiary/aromatic N) is 2. The van der Waals surface area contributed by atoms with Crippen LogP contribution in [0.5, 0.6) is 0 Å². The van der Waals surface area contributed by atoms with E-state index in [9.17, 15) is 4.79 Å². The lowest BCUT2D eigenvalue weighted by Crippen LogP contribution is -2.21. The standard InChI is InChI=1S/C17H17N3OS2/c1-2-6-14(12-7-4-3-5-8-12)15(21)18-17-20-19-16(23-17)13-9-10-22-11-13/h3-5,7-11,14H,2,6H2,1H3,(H,18,20,21). The molecule has 0 spiro atoms. The summed E-state index contributed by atoms with van der Waals surface area (Å²) in [6.45, 7) is 2.09. The minimum absolute atomic E-state index is 0.0222. The Labute approximate surface area is 143 Å². The molecule has 0 aliphatic heterocycles. The van der Waals surface area contributed by atoms with Gasteiger partial charge in [-0.05, 0) is 23.4 Å². The third-order valence-electron chi connectivity index (χ3n) is 3.52. The van der Waals surface area contributed by atoms with E-state index in [1.54, 1.807) is 11.3 Å². The molecule has 23 heavy (non-hydrogen) atoms. The Morgan fingerprint density at radius 1 is 1.22 bits per heavy atom. The van der Waals surface area contributed by atoms with Crippen LogP contribution in [0.2, 0.25) is 0 Å². The molecule has 1 N–H and O–H groups in total. The fourth-order valence-electron chi connectivity index (χ4n) is 2.39. The number of rotatable bonds is 6.